The molecule has 1 aromatic rings. The minimum atomic E-state index is -1.97. The lowest BCUT2D eigenvalue weighted by Crippen LogP contribution is -2.44. The molecule has 2 aliphatic rings. The lowest BCUT2D eigenvalue weighted by atomic mass is 9.93. The second kappa shape index (κ2) is 12.9. The van der Waals surface area contributed by atoms with E-state index in [0.29, 0.717) is 24.3 Å². The molecular formula is C31H48O6Si. The van der Waals surface area contributed by atoms with E-state index in [1.54, 1.807) is 12.1 Å². The Morgan fingerprint density at radius 3 is 2.53 bits per heavy atom. The van der Waals surface area contributed by atoms with E-state index in [4.69, 9.17) is 23.4 Å². The highest BCUT2D eigenvalue weighted by atomic mass is 28.4. The van der Waals surface area contributed by atoms with Crippen molar-refractivity contribution in [3.63, 3.8) is 0 Å². The van der Waals surface area contributed by atoms with Gasteiger partial charge in [0.15, 0.2) is 14.6 Å². The normalized spacial score (nSPS) is 26.5. The Morgan fingerprint density at radius 2 is 1.95 bits per heavy atom. The highest BCUT2D eigenvalue weighted by molar-refractivity contribution is 6.74. The summed E-state index contributed by atoms with van der Waals surface area (Å²) in [7, 11) is -0.573. The minimum Gasteiger partial charge on any atom is -0.489 e. The third kappa shape index (κ3) is 6.98. The van der Waals surface area contributed by atoms with E-state index in [1.807, 2.05) is 19.9 Å². The van der Waals surface area contributed by atoms with Gasteiger partial charge in [0.2, 0.25) is 0 Å². The molecule has 0 aromatic heterocycles. The van der Waals surface area contributed by atoms with E-state index in [-0.39, 0.29) is 41.3 Å². The van der Waals surface area contributed by atoms with Crippen LogP contribution in [-0.2, 0) is 18.6 Å². The molecule has 6 nitrogen and oxygen atoms in total. The number of hydrogen-bond acceptors (Lipinski definition) is 6. The number of rotatable bonds is 10. The molecule has 0 radical (unpaired) electrons. The molecule has 1 saturated heterocycles. The number of carbonyl (C=O) groups excluding carboxylic acids is 1. The van der Waals surface area contributed by atoms with E-state index < -0.39 is 8.32 Å². The van der Waals surface area contributed by atoms with E-state index in [2.05, 4.69) is 52.6 Å². The van der Waals surface area contributed by atoms with Gasteiger partial charge in [-0.2, -0.15) is 0 Å². The molecule has 1 saturated carbocycles. The standard InChI is InChI=1S/C31H48O6Si/c1-10-14-24-25(20-35-38(8,9)31(4,5)6)27(36-28-15-12-13-18-34-28)19-26(24)37-29-21(3)23(30(32)33-7)17-16-22(29)11-2/h10-11,14,16-17,24-28H,2,12-13,15,18-20H2,1,3-9H3/t24-,25-,26+,27-,28?/m1/s1. The smallest absolute Gasteiger partial charge is 0.338 e. The van der Waals surface area contributed by atoms with Crippen LogP contribution in [0.25, 0.3) is 6.08 Å². The van der Waals surface area contributed by atoms with Crippen molar-refractivity contribution >= 4 is 20.4 Å². The zero-order chi connectivity index (χ0) is 28.1. The molecule has 1 heterocycles. The Morgan fingerprint density at radius 1 is 1.21 bits per heavy atom. The average Bonchev–Trinajstić information content (AvgIpc) is 3.19. The third-order valence-electron chi connectivity index (χ3n) is 8.52. The van der Waals surface area contributed by atoms with Crippen molar-refractivity contribution in [3.8, 4) is 5.75 Å². The summed E-state index contributed by atoms with van der Waals surface area (Å²) in [6.45, 7) is 20.6. The maximum atomic E-state index is 12.4. The number of carbonyl (C=O) groups is 1. The first-order valence-corrected chi connectivity index (χ1v) is 16.9. The van der Waals surface area contributed by atoms with Gasteiger partial charge >= 0.3 is 5.97 Å². The molecule has 2 fully saturated rings. The predicted molar refractivity (Wildman–Crippen MR) is 155 cm³/mol. The molecule has 0 spiro atoms. The first-order chi connectivity index (χ1) is 17.9. The van der Waals surface area contributed by atoms with Gasteiger partial charge in [-0.05, 0) is 57.3 Å². The van der Waals surface area contributed by atoms with Crippen LogP contribution >= 0.6 is 0 Å². The Bertz CT molecular complexity index is 989. The number of allylic oxidation sites excluding steroid dienone is 1. The summed E-state index contributed by atoms with van der Waals surface area (Å²) in [6, 6.07) is 3.63. The fourth-order valence-electron chi connectivity index (χ4n) is 5.12. The number of methoxy groups -OCH3 is 1. The fourth-order valence-corrected chi connectivity index (χ4v) is 6.16. The highest BCUT2D eigenvalue weighted by Gasteiger charge is 2.47. The molecular weight excluding hydrogens is 496 g/mol. The molecule has 38 heavy (non-hydrogen) atoms. The highest BCUT2D eigenvalue weighted by Crippen LogP contribution is 2.43. The van der Waals surface area contributed by atoms with Crippen LogP contribution in [0.3, 0.4) is 0 Å². The molecule has 0 amide bonds. The fraction of sp³-hybridized carbons (Fsp3) is 0.645. The maximum absolute atomic E-state index is 12.4. The quantitative estimate of drug-likeness (QED) is 0.175. The van der Waals surface area contributed by atoms with Crippen LogP contribution in [0.1, 0.15) is 74.9 Å². The second-order valence-corrected chi connectivity index (χ2v) is 16.9. The van der Waals surface area contributed by atoms with Crippen molar-refractivity contribution < 1.29 is 28.2 Å². The molecule has 212 valence electrons. The molecule has 1 aromatic carbocycles. The molecule has 3 rings (SSSR count). The zero-order valence-corrected chi connectivity index (χ0v) is 25.7. The lowest BCUT2D eigenvalue weighted by molar-refractivity contribution is -0.197. The van der Waals surface area contributed by atoms with Gasteiger partial charge in [0.05, 0.1) is 18.8 Å². The van der Waals surface area contributed by atoms with E-state index in [0.717, 1.165) is 37.0 Å². The monoisotopic (exact) mass is 544 g/mol. The Balaban J connectivity index is 1.94. The molecule has 1 aliphatic carbocycles. The summed E-state index contributed by atoms with van der Waals surface area (Å²) < 4.78 is 31.1. The number of hydrogen-bond donors (Lipinski definition) is 0. The molecule has 0 N–H and O–H groups in total. The van der Waals surface area contributed by atoms with Crippen molar-refractivity contribution in [1.29, 1.82) is 0 Å². The van der Waals surface area contributed by atoms with Crippen LogP contribution in [0.15, 0.2) is 30.9 Å². The Kier molecular flexibility index (Phi) is 10.4. The van der Waals surface area contributed by atoms with Crippen molar-refractivity contribution in [1.82, 2.24) is 0 Å². The summed E-state index contributed by atoms with van der Waals surface area (Å²) in [5.74, 6) is 0.487. The Hall–Kier alpha value is -1.93. The molecule has 5 atom stereocenters. The van der Waals surface area contributed by atoms with E-state index in [1.165, 1.54) is 7.11 Å². The Labute approximate surface area is 230 Å². The van der Waals surface area contributed by atoms with Gasteiger partial charge in [-0.15, -0.1) is 0 Å². The molecule has 0 bridgehead atoms. The number of benzene rings is 1. The van der Waals surface area contributed by atoms with Crippen molar-refractivity contribution in [2.45, 2.75) is 96.9 Å². The van der Waals surface area contributed by atoms with Crippen LogP contribution < -0.4 is 4.74 Å². The van der Waals surface area contributed by atoms with Gasteiger partial charge in [0.1, 0.15) is 11.9 Å². The van der Waals surface area contributed by atoms with Crippen LogP contribution in [0.4, 0.5) is 0 Å². The van der Waals surface area contributed by atoms with Gasteiger partial charge in [-0.1, -0.05) is 51.6 Å². The molecule has 7 heteroatoms. The lowest BCUT2D eigenvalue weighted by Gasteiger charge is -2.38. The van der Waals surface area contributed by atoms with E-state index >= 15 is 0 Å². The van der Waals surface area contributed by atoms with Crippen LogP contribution in [0.2, 0.25) is 18.1 Å². The first kappa shape index (κ1) is 30.6. The predicted octanol–water partition coefficient (Wildman–Crippen LogP) is 7.32. The van der Waals surface area contributed by atoms with Gasteiger partial charge < -0.3 is 23.4 Å². The van der Waals surface area contributed by atoms with Crippen molar-refractivity contribution in [2.24, 2.45) is 11.8 Å². The van der Waals surface area contributed by atoms with Gasteiger partial charge in [-0.25, -0.2) is 4.79 Å². The minimum absolute atomic E-state index is 0.0645. The topological polar surface area (TPSA) is 63.2 Å². The summed E-state index contributed by atoms with van der Waals surface area (Å²) in [4.78, 5) is 12.4. The zero-order valence-electron chi connectivity index (χ0n) is 24.7. The number of esters is 1. The largest absolute Gasteiger partial charge is 0.489 e. The molecule has 1 aliphatic heterocycles. The maximum Gasteiger partial charge on any atom is 0.338 e. The van der Waals surface area contributed by atoms with Crippen LogP contribution in [0.5, 0.6) is 5.75 Å². The van der Waals surface area contributed by atoms with Crippen molar-refractivity contribution in [2.75, 3.05) is 20.3 Å². The van der Waals surface area contributed by atoms with Crippen LogP contribution in [0, 0.1) is 18.8 Å². The van der Waals surface area contributed by atoms with Gasteiger partial charge in [0.25, 0.3) is 0 Å². The molecule has 1 unspecified atom stereocenters. The summed E-state index contributed by atoms with van der Waals surface area (Å²) in [6.07, 6.45) is 9.48. The van der Waals surface area contributed by atoms with Gasteiger partial charge in [-0.3, -0.25) is 0 Å². The van der Waals surface area contributed by atoms with E-state index in [9.17, 15) is 4.79 Å². The average molecular weight is 545 g/mol. The summed E-state index contributed by atoms with van der Waals surface area (Å²) in [5.41, 5.74) is 2.10. The second-order valence-electron chi connectivity index (χ2n) is 12.1. The SMILES string of the molecule is C=Cc1ccc(C(=O)OC)c(C)c1O[C@H]1C[C@@H](OC2CCCCO2)[C@H](CO[Si](C)(C)C(C)(C)C)[C@H]1C=CC. The number of ether oxygens (including phenoxy) is 4. The third-order valence-corrected chi connectivity index (χ3v) is 13.0. The first-order valence-electron chi connectivity index (χ1n) is 14.0. The summed E-state index contributed by atoms with van der Waals surface area (Å²) in [5, 5.41) is 0.116. The van der Waals surface area contributed by atoms with Crippen molar-refractivity contribution in [3.05, 3.63) is 47.6 Å². The van der Waals surface area contributed by atoms with Gasteiger partial charge in [0, 0.05) is 42.6 Å². The van der Waals surface area contributed by atoms with Crippen LogP contribution in [-0.4, -0.2) is 53.1 Å². The summed E-state index contributed by atoms with van der Waals surface area (Å²) >= 11 is 0.